The lowest BCUT2D eigenvalue weighted by Gasteiger charge is -2.11. The van der Waals surface area contributed by atoms with Crippen LogP contribution < -0.4 is 10.5 Å². The van der Waals surface area contributed by atoms with Crippen molar-refractivity contribution in [3.05, 3.63) is 18.2 Å². The Labute approximate surface area is 109 Å². The molecule has 18 heavy (non-hydrogen) atoms. The van der Waals surface area contributed by atoms with E-state index in [9.17, 15) is 8.42 Å². The van der Waals surface area contributed by atoms with Crippen molar-refractivity contribution in [1.82, 2.24) is 0 Å². The molecule has 102 valence electrons. The van der Waals surface area contributed by atoms with E-state index in [1.165, 1.54) is 6.07 Å². The molecule has 2 N–H and O–H groups in total. The highest BCUT2D eigenvalue weighted by atomic mass is 32.2. The van der Waals surface area contributed by atoms with E-state index in [-0.39, 0.29) is 16.3 Å². The second kappa shape index (κ2) is 6.09. The first-order valence-electron chi connectivity index (χ1n) is 6.12. The van der Waals surface area contributed by atoms with Crippen LogP contribution in [0.3, 0.4) is 0 Å². The Morgan fingerprint density at radius 2 is 2.00 bits per heavy atom. The van der Waals surface area contributed by atoms with Crippen molar-refractivity contribution in [2.75, 3.05) is 18.1 Å². The molecule has 0 fully saturated rings. The van der Waals surface area contributed by atoms with E-state index in [0.717, 1.165) is 0 Å². The van der Waals surface area contributed by atoms with E-state index in [2.05, 4.69) is 0 Å². The van der Waals surface area contributed by atoms with Crippen molar-refractivity contribution in [2.45, 2.75) is 32.1 Å². The monoisotopic (exact) mass is 271 g/mol. The summed E-state index contributed by atoms with van der Waals surface area (Å²) >= 11 is 0. The smallest absolute Gasteiger partial charge is 0.180 e. The highest BCUT2D eigenvalue weighted by Crippen LogP contribution is 2.26. The van der Waals surface area contributed by atoms with Gasteiger partial charge < -0.3 is 10.5 Å². The lowest BCUT2D eigenvalue weighted by molar-refractivity contribution is 0.339. The van der Waals surface area contributed by atoms with Crippen LogP contribution >= 0.6 is 0 Å². The summed E-state index contributed by atoms with van der Waals surface area (Å²) in [4.78, 5) is 0.175. The summed E-state index contributed by atoms with van der Waals surface area (Å²) in [6.07, 6.45) is 0.626. The van der Waals surface area contributed by atoms with E-state index in [0.29, 0.717) is 24.7 Å². The van der Waals surface area contributed by atoms with Crippen LogP contribution in [0.2, 0.25) is 0 Å². The van der Waals surface area contributed by atoms with Gasteiger partial charge in [0.05, 0.1) is 22.9 Å². The normalized spacial score (nSPS) is 11.8. The summed E-state index contributed by atoms with van der Waals surface area (Å²) in [6, 6.07) is 4.77. The first-order chi connectivity index (χ1) is 8.36. The van der Waals surface area contributed by atoms with Gasteiger partial charge in [-0.05, 0) is 31.4 Å². The summed E-state index contributed by atoms with van der Waals surface area (Å²) in [5.74, 6) is 0.996. The van der Waals surface area contributed by atoms with Crippen LogP contribution in [0.4, 0.5) is 5.69 Å². The van der Waals surface area contributed by atoms with Gasteiger partial charge in [-0.25, -0.2) is 8.42 Å². The molecule has 0 heterocycles. The minimum atomic E-state index is -3.33. The Hall–Kier alpha value is -1.23. The summed E-state index contributed by atoms with van der Waals surface area (Å²) in [5, 5.41) is 0. The summed E-state index contributed by atoms with van der Waals surface area (Å²) < 4.78 is 29.7. The maximum atomic E-state index is 12.2. The molecule has 0 bridgehead atoms. The van der Waals surface area contributed by atoms with Gasteiger partial charge in [0.2, 0.25) is 0 Å². The average molecular weight is 271 g/mol. The number of ether oxygens (including phenoxy) is 1. The van der Waals surface area contributed by atoms with Crippen molar-refractivity contribution >= 4 is 15.5 Å². The fraction of sp³-hybridized carbons (Fsp3) is 0.538. The Bertz CT molecular complexity index is 495. The maximum Gasteiger partial charge on any atom is 0.180 e. The zero-order valence-electron chi connectivity index (χ0n) is 11.1. The minimum absolute atomic E-state index is 0.116. The van der Waals surface area contributed by atoms with Gasteiger partial charge in [0.1, 0.15) is 5.75 Å². The Balaban J connectivity index is 3.03. The lowest BCUT2D eigenvalue weighted by Crippen LogP contribution is -2.11. The fourth-order valence-corrected chi connectivity index (χ4v) is 3.27. The highest BCUT2D eigenvalue weighted by molar-refractivity contribution is 7.91. The average Bonchev–Trinajstić information content (AvgIpc) is 2.29. The third kappa shape index (κ3) is 3.91. The van der Waals surface area contributed by atoms with Crippen molar-refractivity contribution in [3.8, 4) is 5.75 Å². The third-order valence-corrected chi connectivity index (χ3v) is 4.39. The minimum Gasteiger partial charge on any atom is -0.494 e. The largest absolute Gasteiger partial charge is 0.494 e. The molecule has 0 amide bonds. The van der Waals surface area contributed by atoms with E-state index in [4.69, 9.17) is 10.5 Å². The molecule has 0 saturated heterocycles. The molecule has 0 saturated carbocycles. The molecule has 0 radical (unpaired) electrons. The third-order valence-electron chi connectivity index (χ3n) is 2.60. The second-order valence-electron chi connectivity index (χ2n) is 4.63. The first kappa shape index (κ1) is 14.8. The van der Waals surface area contributed by atoms with E-state index in [1.807, 2.05) is 20.8 Å². The molecular weight excluding hydrogens is 250 g/mol. The van der Waals surface area contributed by atoms with Crippen molar-refractivity contribution in [2.24, 2.45) is 5.92 Å². The van der Waals surface area contributed by atoms with Crippen LogP contribution in [0.5, 0.6) is 5.75 Å². The van der Waals surface area contributed by atoms with Crippen LogP contribution in [-0.2, 0) is 9.84 Å². The van der Waals surface area contributed by atoms with Crippen LogP contribution in [0.1, 0.15) is 27.2 Å². The lowest BCUT2D eigenvalue weighted by atomic mass is 10.2. The van der Waals surface area contributed by atoms with Gasteiger partial charge in [0.15, 0.2) is 9.84 Å². The topological polar surface area (TPSA) is 69.4 Å². The Morgan fingerprint density at radius 3 is 2.56 bits per heavy atom. The molecule has 0 aliphatic carbocycles. The van der Waals surface area contributed by atoms with E-state index < -0.39 is 9.84 Å². The van der Waals surface area contributed by atoms with Crippen LogP contribution in [0, 0.1) is 5.92 Å². The number of nitrogens with two attached hydrogens (primary N) is 1. The molecule has 0 spiro atoms. The quantitative estimate of drug-likeness (QED) is 0.807. The van der Waals surface area contributed by atoms with Gasteiger partial charge in [-0.2, -0.15) is 0 Å². The molecule has 0 atom stereocenters. The second-order valence-corrected chi connectivity index (χ2v) is 6.71. The molecule has 0 aliphatic heterocycles. The zero-order valence-corrected chi connectivity index (χ0v) is 12.0. The summed E-state index contributed by atoms with van der Waals surface area (Å²) in [7, 11) is -3.33. The number of sulfone groups is 1. The standard InChI is InChI=1S/C13H21NO3S/c1-4-17-11-5-6-12(14)13(9-11)18(15,16)8-7-10(2)3/h5-6,9-10H,4,7-8,14H2,1-3H3. The number of hydrogen-bond donors (Lipinski definition) is 1. The fourth-order valence-electron chi connectivity index (χ4n) is 1.54. The van der Waals surface area contributed by atoms with Crippen molar-refractivity contribution in [3.63, 3.8) is 0 Å². The number of rotatable bonds is 6. The SMILES string of the molecule is CCOc1ccc(N)c(S(=O)(=O)CCC(C)C)c1. The Morgan fingerprint density at radius 1 is 1.33 bits per heavy atom. The van der Waals surface area contributed by atoms with Gasteiger partial charge in [-0.15, -0.1) is 0 Å². The predicted molar refractivity (Wildman–Crippen MR) is 73.5 cm³/mol. The molecule has 1 aromatic carbocycles. The van der Waals surface area contributed by atoms with Crippen molar-refractivity contribution < 1.29 is 13.2 Å². The Kier molecular flexibility index (Phi) is 5.02. The van der Waals surface area contributed by atoms with E-state index in [1.54, 1.807) is 12.1 Å². The maximum absolute atomic E-state index is 12.2. The molecule has 0 aliphatic rings. The van der Waals surface area contributed by atoms with Gasteiger partial charge in [0.25, 0.3) is 0 Å². The molecule has 1 aromatic rings. The van der Waals surface area contributed by atoms with Gasteiger partial charge >= 0.3 is 0 Å². The molecule has 0 unspecified atom stereocenters. The summed E-state index contributed by atoms with van der Waals surface area (Å²) in [5.41, 5.74) is 6.02. The van der Waals surface area contributed by atoms with Crippen LogP contribution in [0.15, 0.2) is 23.1 Å². The van der Waals surface area contributed by atoms with Crippen LogP contribution in [0.25, 0.3) is 0 Å². The summed E-state index contributed by atoms with van der Waals surface area (Å²) in [6.45, 7) is 6.34. The number of hydrogen-bond acceptors (Lipinski definition) is 4. The molecular formula is C13H21NO3S. The first-order valence-corrected chi connectivity index (χ1v) is 7.77. The van der Waals surface area contributed by atoms with Crippen LogP contribution in [-0.4, -0.2) is 20.8 Å². The molecule has 1 rings (SSSR count). The van der Waals surface area contributed by atoms with Gasteiger partial charge in [-0.3, -0.25) is 0 Å². The van der Waals surface area contributed by atoms with Crippen molar-refractivity contribution in [1.29, 1.82) is 0 Å². The molecule has 0 aromatic heterocycles. The van der Waals surface area contributed by atoms with E-state index >= 15 is 0 Å². The molecule has 5 heteroatoms. The number of nitrogen functional groups attached to an aromatic ring is 1. The highest BCUT2D eigenvalue weighted by Gasteiger charge is 2.19. The van der Waals surface area contributed by atoms with Gasteiger partial charge in [0, 0.05) is 6.07 Å². The van der Waals surface area contributed by atoms with Gasteiger partial charge in [-0.1, -0.05) is 13.8 Å². The number of benzene rings is 1. The molecule has 4 nitrogen and oxygen atoms in total. The zero-order chi connectivity index (χ0) is 13.8. The number of anilines is 1. The predicted octanol–water partition coefficient (Wildman–Crippen LogP) is 2.49.